The van der Waals surface area contributed by atoms with E-state index >= 15 is 0 Å². The van der Waals surface area contributed by atoms with E-state index in [2.05, 4.69) is 22.2 Å². The van der Waals surface area contributed by atoms with Crippen LogP contribution in [0.1, 0.15) is 31.2 Å². The summed E-state index contributed by atoms with van der Waals surface area (Å²) in [6, 6.07) is 4.19. The van der Waals surface area contributed by atoms with Crippen LogP contribution < -0.4 is 5.32 Å². The summed E-state index contributed by atoms with van der Waals surface area (Å²) in [5.74, 6) is 0. The van der Waals surface area contributed by atoms with Crippen molar-refractivity contribution in [3.05, 3.63) is 29.0 Å². The molecule has 6 heteroatoms. The van der Waals surface area contributed by atoms with Crippen LogP contribution in [0.25, 0.3) is 0 Å². The number of nitrogens with zero attached hydrogens (tertiary/aromatic N) is 2. The number of aromatic nitrogens is 1. The van der Waals surface area contributed by atoms with Gasteiger partial charge in [-0.2, -0.15) is 0 Å². The average molecular weight is 339 g/mol. The first-order valence-corrected chi connectivity index (χ1v) is 7.15. The Labute approximate surface area is 138 Å². The molecule has 2 saturated heterocycles. The van der Waals surface area contributed by atoms with Crippen molar-refractivity contribution in [2.24, 2.45) is 0 Å². The lowest BCUT2D eigenvalue weighted by molar-refractivity contribution is 0.166. The van der Waals surface area contributed by atoms with Gasteiger partial charge in [0.1, 0.15) is 0 Å². The van der Waals surface area contributed by atoms with Crippen LogP contribution in [-0.2, 0) is 6.54 Å². The van der Waals surface area contributed by atoms with Crippen LogP contribution >= 0.6 is 36.4 Å². The Bertz CT molecular complexity index is 418. The number of piperidine rings is 1. The second-order valence-electron chi connectivity index (χ2n) is 5.65. The molecule has 1 aromatic rings. The Balaban J connectivity index is 0.000001000. The molecule has 0 aliphatic carbocycles. The van der Waals surface area contributed by atoms with Gasteiger partial charge in [-0.25, -0.2) is 0 Å². The fourth-order valence-electron chi connectivity index (χ4n) is 3.32. The molecule has 2 aliphatic rings. The second kappa shape index (κ2) is 7.81. The molecule has 20 heavy (non-hydrogen) atoms. The van der Waals surface area contributed by atoms with Crippen molar-refractivity contribution < 1.29 is 0 Å². The molecule has 0 spiro atoms. The van der Waals surface area contributed by atoms with Gasteiger partial charge in [-0.3, -0.25) is 9.88 Å². The van der Waals surface area contributed by atoms with Gasteiger partial charge in [0.05, 0.1) is 5.02 Å². The first-order chi connectivity index (χ1) is 8.72. The van der Waals surface area contributed by atoms with Crippen LogP contribution in [0.15, 0.2) is 18.5 Å². The maximum Gasteiger partial charge on any atom is 0.0634 e. The molecule has 2 fully saturated rings. The number of halogens is 3. The first kappa shape index (κ1) is 18.0. The molecule has 3 heterocycles. The Morgan fingerprint density at radius 1 is 1.30 bits per heavy atom. The number of rotatable bonds is 3. The maximum absolute atomic E-state index is 6.18. The Hall–Kier alpha value is -0.0600. The highest BCUT2D eigenvalue weighted by Gasteiger charge is 2.34. The highest BCUT2D eigenvalue weighted by Crippen LogP contribution is 2.30. The van der Waals surface area contributed by atoms with Crippen LogP contribution in [0.4, 0.5) is 0 Å². The summed E-state index contributed by atoms with van der Waals surface area (Å²) in [4.78, 5) is 6.49. The molecular weight excluding hydrogens is 317 g/mol. The van der Waals surface area contributed by atoms with Crippen LogP contribution in [-0.4, -0.2) is 35.1 Å². The third kappa shape index (κ3) is 3.99. The third-order valence-electron chi connectivity index (χ3n) is 4.35. The highest BCUT2D eigenvalue weighted by molar-refractivity contribution is 6.31. The second-order valence-corrected chi connectivity index (χ2v) is 6.05. The van der Waals surface area contributed by atoms with Crippen molar-refractivity contribution in [3.63, 3.8) is 0 Å². The number of fused-ring (bicyclic) bond motifs is 2. The van der Waals surface area contributed by atoms with Crippen molar-refractivity contribution in [3.8, 4) is 0 Å². The van der Waals surface area contributed by atoms with Crippen molar-refractivity contribution in [1.82, 2.24) is 15.2 Å². The lowest BCUT2D eigenvalue weighted by Crippen LogP contribution is -2.46. The van der Waals surface area contributed by atoms with Gasteiger partial charge >= 0.3 is 0 Å². The molecule has 0 amide bonds. The van der Waals surface area contributed by atoms with E-state index in [1.165, 1.54) is 31.2 Å². The molecule has 0 aromatic carbocycles. The molecule has 3 rings (SSSR count). The minimum absolute atomic E-state index is 0. The SMILES string of the molecule is CN(Cc1ccncc1Cl)C1CC2CCC(C1)N2.Cl.Cl. The monoisotopic (exact) mass is 337 g/mol. The molecule has 1 aromatic heterocycles. The molecule has 1 N–H and O–H groups in total. The number of nitrogens with one attached hydrogen (secondary N) is 1. The summed E-state index contributed by atoms with van der Waals surface area (Å²) >= 11 is 6.18. The number of hydrogen-bond donors (Lipinski definition) is 1. The van der Waals surface area contributed by atoms with E-state index in [1.54, 1.807) is 6.20 Å². The minimum Gasteiger partial charge on any atom is -0.311 e. The van der Waals surface area contributed by atoms with Crippen LogP contribution in [0, 0.1) is 0 Å². The van der Waals surface area contributed by atoms with E-state index in [0.29, 0.717) is 6.04 Å². The Morgan fingerprint density at radius 2 is 1.95 bits per heavy atom. The van der Waals surface area contributed by atoms with Gasteiger partial charge in [-0.15, -0.1) is 24.8 Å². The minimum atomic E-state index is 0. The van der Waals surface area contributed by atoms with Gasteiger partial charge in [0.2, 0.25) is 0 Å². The van der Waals surface area contributed by atoms with E-state index in [9.17, 15) is 0 Å². The van der Waals surface area contributed by atoms with Gasteiger partial charge in [0.15, 0.2) is 0 Å². The van der Waals surface area contributed by atoms with E-state index in [0.717, 1.165) is 23.7 Å². The Kier molecular flexibility index (Phi) is 7.02. The third-order valence-corrected chi connectivity index (χ3v) is 4.69. The predicted molar refractivity (Wildman–Crippen MR) is 88.2 cm³/mol. The van der Waals surface area contributed by atoms with Crippen LogP contribution in [0.3, 0.4) is 0 Å². The topological polar surface area (TPSA) is 28.2 Å². The molecular formula is C14H22Cl3N3. The molecule has 2 aliphatic heterocycles. The summed E-state index contributed by atoms with van der Waals surface area (Å²) in [7, 11) is 2.21. The molecule has 2 bridgehead atoms. The number of pyridine rings is 1. The summed E-state index contributed by atoms with van der Waals surface area (Å²) < 4.78 is 0. The standard InChI is InChI=1S/C14H20ClN3.2ClH/c1-18(9-10-4-5-16-8-14(10)15)13-6-11-2-3-12(7-13)17-11;;/h4-5,8,11-13,17H,2-3,6-7,9H2,1H3;2*1H. The molecule has 2 unspecified atom stereocenters. The normalized spacial score (nSPS) is 27.9. The van der Waals surface area contributed by atoms with Crippen molar-refractivity contribution in [2.75, 3.05) is 7.05 Å². The van der Waals surface area contributed by atoms with Crippen molar-refractivity contribution in [2.45, 2.75) is 50.4 Å². The van der Waals surface area contributed by atoms with Gasteiger partial charge in [0.25, 0.3) is 0 Å². The summed E-state index contributed by atoms with van der Waals surface area (Å²) in [6.07, 6.45) is 8.81. The van der Waals surface area contributed by atoms with E-state index in [4.69, 9.17) is 11.6 Å². The molecule has 0 saturated carbocycles. The molecule has 3 nitrogen and oxygen atoms in total. The highest BCUT2D eigenvalue weighted by atomic mass is 35.5. The van der Waals surface area contributed by atoms with Crippen molar-refractivity contribution in [1.29, 1.82) is 0 Å². The molecule has 114 valence electrons. The summed E-state index contributed by atoms with van der Waals surface area (Å²) in [5, 5.41) is 4.47. The van der Waals surface area contributed by atoms with Gasteiger partial charge in [-0.05, 0) is 44.4 Å². The number of hydrogen-bond acceptors (Lipinski definition) is 3. The van der Waals surface area contributed by atoms with Crippen LogP contribution in [0.2, 0.25) is 5.02 Å². The van der Waals surface area contributed by atoms with E-state index in [-0.39, 0.29) is 24.8 Å². The van der Waals surface area contributed by atoms with Gasteiger partial charge in [0, 0.05) is 37.1 Å². The first-order valence-electron chi connectivity index (χ1n) is 6.77. The van der Waals surface area contributed by atoms with Crippen LogP contribution in [0.5, 0.6) is 0 Å². The summed E-state index contributed by atoms with van der Waals surface area (Å²) in [6.45, 7) is 0.922. The fraction of sp³-hybridized carbons (Fsp3) is 0.643. The van der Waals surface area contributed by atoms with E-state index < -0.39 is 0 Å². The smallest absolute Gasteiger partial charge is 0.0634 e. The fourth-order valence-corrected chi connectivity index (χ4v) is 3.50. The Morgan fingerprint density at radius 3 is 2.55 bits per heavy atom. The summed E-state index contributed by atoms with van der Waals surface area (Å²) in [5.41, 5.74) is 1.18. The predicted octanol–water partition coefficient (Wildman–Crippen LogP) is 3.29. The zero-order valence-corrected chi connectivity index (χ0v) is 14.0. The molecule has 0 radical (unpaired) electrons. The zero-order chi connectivity index (χ0) is 12.5. The maximum atomic E-state index is 6.18. The molecule has 2 atom stereocenters. The van der Waals surface area contributed by atoms with Crippen molar-refractivity contribution >= 4 is 36.4 Å². The van der Waals surface area contributed by atoms with E-state index in [1.807, 2.05) is 12.3 Å². The lowest BCUT2D eigenvalue weighted by atomic mass is 9.98. The zero-order valence-electron chi connectivity index (χ0n) is 11.6. The lowest BCUT2D eigenvalue weighted by Gasteiger charge is -2.35. The largest absolute Gasteiger partial charge is 0.311 e. The average Bonchev–Trinajstić information content (AvgIpc) is 2.71. The van der Waals surface area contributed by atoms with Gasteiger partial charge < -0.3 is 5.32 Å². The quantitative estimate of drug-likeness (QED) is 0.916. The van der Waals surface area contributed by atoms with Gasteiger partial charge in [-0.1, -0.05) is 11.6 Å².